The monoisotopic (exact) mass is 458 g/mol. The minimum Gasteiger partial charge on any atom is -0.452 e. The fourth-order valence-electron chi connectivity index (χ4n) is 2.93. The standard InChI is InChI=1S/C23H23FN2O5S/c1-15-7-9-19(14-21(15)24)26-23(28)16(2)31-22(27)11-12-25-32(29,30)20-10-8-17-5-3-4-6-18(17)13-20/h3-10,13-14,16,25H,11-12H2,1-2H3,(H,26,28). The van der Waals surface area contributed by atoms with Crippen LogP contribution in [0.5, 0.6) is 0 Å². The Bertz CT molecular complexity index is 1260. The summed E-state index contributed by atoms with van der Waals surface area (Å²) in [6.07, 6.45) is -1.40. The van der Waals surface area contributed by atoms with Crippen molar-refractivity contribution in [2.24, 2.45) is 0 Å². The van der Waals surface area contributed by atoms with Gasteiger partial charge in [0, 0.05) is 12.2 Å². The van der Waals surface area contributed by atoms with Gasteiger partial charge in [-0.3, -0.25) is 9.59 Å². The first-order valence-corrected chi connectivity index (χ1v) is 11.4. The molecule has 3 rings (SSSR count). The van der Waals surface area contributed by atoms with Crippen molar-refractivity contribution in [2.45, 2.75) is 31.3 Å². The van der Waals surface area contributed by atoms with Crippen molar-refractivity contribution < 1.29 is 27.1 Å². The van der Waals surface area contributed by atoms with Gasteiger partial charge in [-0.2, -0.15) is 0 Å². The molecule has 0 heterocycles. The van der Waals surface area contributed by atoms with Gasteiger partial charge >= 0.3 is 5.97 Å². The number of sulfonamides is 1. The maximum Gasteiger partial charge on any atom is 0.307 e. The molecule has 0 bridgehead atoms. The van der Waals surface area contributed by atoms with Crippen molar-refractivity contribution in [3.8, 4) is 0 Å². The van der Waals surface area contributed by atoms with Crippen LogP contribution in [0, 0.1) is 12.7 Å². The van der Waals surface area contributed by atoms with Crippen LogP contribution >= 0.6 is 0 Å². The van der Waals surface area contributed by atoms with Crippen molar-refractivity contribution in [3.05, 3.63) is 72.0 Å². The van der Waals surface area contributed by atoms with Gasteiger partial charge in [0.2, 0.25) is 10.0 Å². The fraction of sp³-hybridized carbons (Fsp3) is 0.217. The molecule has 0 aliphatic carbocycles. The summed E-state index contributed by atoms with van der Waals surface area (Å²) >= 11 is 0. The lowest BCUT2D eigenvalue weighted by atomic mass is 10.1. The number of carbonyl (C=O) groups excluding carboxylic acids is 2. The van der Waals surface area contributed by atoms with Crippen LogP contribution in [0.3, 0.4) is 0 Å². The zero-order valence-corrected chi connectivity index (χ0v) is 18.4. The molecule has 168 valence electrons. The molecule has 3 aromatic carbocycles. The predicted octanol–water partition coefficient (Wildman–Crippen LogP) is 3.53. The molecule has 1 amide bonds. The van der Waals surface area contributed by atoms with Gasteiger partial charge in [-0.25, -0.2) is 17.5 Å². The molecular formula is C23H23FN2O5S. The van der Waals surface area contributed by atoms with E-state index < -0.39 is 33.8 Å². The highest BCUT2D eigenvalue weighted by Crippen LogP contribution is 2.19. The van der Waals surface area contributed by atoms with Gasteiger partial charge in [-0.1, -0.05) is 36.4 Å². The predicted molar refractivity (Wildman–Crippen MR) is 119 cm³/mol. The second-order valence-corrected chi connectivity index (χ2v) is 9.01. The van der Waals surface area contributed by atoms with Crippen molar-refractivity contribution >= 4 is 38.4 Å². The zero-order valence-electron chi connectivity index (χ0n) is 17.6. The third-order valence-electron chi connectivity index (χ3n) is 4.77. The molecule has 0 fully saturated rings. The van der Waals surface area contributed by atoms with E-state index in [9.17, 15) is 22.4 Å². The third kappa shape index (κ3) is 5.89. The summed E-state index contributed by atoms with van der Waals surface area (Å²) in [5.41, 5.74) is 0.678. The molecule has 0 spiro atoms. The minimum absolute atomic E-state index is 0.0858. The number of nitrogens with one attached hydrogen (secondary N) is 2. The van der Waals surface area contributed by atoms with E-state index in [1.54, 1.807) is 19.1 Å². The molecule has 0 radical (unpaired) electrons. The van der Waals surface area contributed by atoms with Gasteiger partial charge in [0.15, 0.2) is 6.10 Å². The molecule has 3 aromatic rings. The van der Waals surface area contributed by atoms with Crippen molar-refractivity contribution in [1.29, 1.82) is 0 Å². The molecule has 2 N–H and O–H groups in total. The Hall–Kier alpha value is -3.30. The van der Waals surface area contributed by atoms with Gasteiger partial charge in [0.1, 0.15) is 5.82 Å². The van der Waals surface area contributed by atoms with Crippen LogP contribution in [0.15, 0.2) is 65.6 Å². The van der Waals surface area contributed by atoms with Crippen LogP contribution in [-0.2, 0) is 24.3 Å². The molecule has 32 heavy (non-hydrogen) atoms. The lowest BCUT2D eigenvalue weighted by Crippen LogP contribution is -2.32. The average Bonchev–Trinajstić information content (AvgIpc) is 2.75. The zero-order chi connectivity index (χ0) is 23.3. The van der Waals surface area contributed by atoms with Crippen molar-refractivity contribution in [1.82, 2.24) is 4.72 Å². The molecule has 1 unspecified atom stereocenters. The third-order valence-corrected chi connectivity index (χ3v) is 6.23. The lowest BCUT2D eigenvalue weighted by Gasteiger charge is -2.14. The van der Waals surface area contributed by atoms with Crippen molar-refractivity contribution in [3.63, 3.8) is 0 Å². The number of ether oxygens (including phenoxy) is 1. The summed E-state index contributed by atoms with van der Waals surface area (Å²) in [5.74, 6) is -1.84. The largest absolute Gasteiger partial charge is 0.452 e. The summed E-state index contributed by atoms with van der Waals surface area (Å²) in [6.45, 7) is 2.78. The maximum atomic E-state index is 13.6. The molecule has 1 atom stereocenters. The molecule has 0 saturated carbocycles. The van der Waals surface area contributed by atoms with Crippen LogP contribution < -0.4 is 10.0 Å². The Kier molecular flexibility index (Phi) is 7.22. The molecule has 9 heteroatoms. The van der Waals surface area contributed by atoms with E-state index >= 15 is 0 Å². The molecule has 0 aromatic heterocycles. The number of benzene rings is 3. The number of carbonyl (C=O) groups is 2. The topological polar surface area (TPSA) is 102 Å². The summed E-state index contributed by atoms with van der Waals surface area (Å²) in [5, 5.41) is 4.16. The number of anilines is 1. The Morgan fingerprint density at radius 1 is 1.03 bits per heavy atom. The summed E-state index contributed by atoms with van der Waals surface area (Å²) < 4.78 is 45.9. The number of hydrogen-bond donors (Lipinski definition) is 2. The first-order valence-electron chi connectivity index (χ1n) is 9.91. The second-order valence-electron chi connectivity index (χ2n) is 7.24. The highest BCUT2D eigenvalue weighted by atomic mass is 32.2. The lowest BCUT2D eigenvalue weighted by molar-refractivity contribution is -0.152. The maximum absolute atomic E-state index is 13.6. The van der Waals surface area contributed by atoms with E-state index in [2.05, 4.69) is 10.0 Å². The minimum atomic E-state index is -3.81. The number of hydrogen-bond acceptors (Lipinski definition) is 5. The SMILES string of the molecule is Cc1ccc(NC(=O)C(C)OC(=O)CCNS(=O)(=O)c2ccc3ccccc3c2)cc1F. The normalized spacial score (nSPS) is 12.3. The van der Waals surface area contributed by atoms with Gasteiger partial charge in [0.05, 0.1) is 11.3 Å². The van der Waals surface area contributed by atoms with E-state index in [-0.39, 0.29) is 23.5 Å². The second kappa shape index (κ2) is 9.88. The van der Waals surface area contributed by atoms with E-state index in [0.29, 0.717) is 5.56 Å². The highest BCUT2D eigenvalue weighted by Gasteiger charge is 2.20. The van der Waals surface area contributed by atoms with Crippen LogP contribution in [-0.4, -0.2) is 32.9 Å². The Balaban J connectivity index is 1.50. The summed E-state index contributed by atoms with van der Waals surface area (Å²) in [7, 11) is -3.81. The first-order chi connectivity index (χ1) is 15.2. The van der Waals surface area contributed by atoms with Gasteiger partial charge in [-0.05, 0) is 54.4 Å². The number of amides is 1. The Morgan fingerprint density at radius 2 is 1.75 bits per heavy atom. The Labute approximate surface area is 185 Å². The van der Waals surface area contributed by atoms with Crippen LogP contribution in [0.2, 0.25) is 0 Å². The highest BCUT2D eigenvalue weighted by molar-refractivity contribution is 7.89. The van der Waals surface area contributed by atoms with Crippen LogP contribution in [0.4, 0.5) is 10.1 Å². The van der Waals surface area contributed by atoms with Crippen molar-refractivity contribution in [2.75, 3.05) is 11.9 Å². The van der Waals surface area contributed by atoms with Gasteiger partial charge in [-0.15, -0.1) is 0 Å². The molecule has 0 aliphatic heterocycles. The molecule has 0 aliphatic rings. The quantitative estimate of drug-likeness (QED) is 0.503. The Morgan fingerprint density at radius 3 is 2.47 bits per heavy atom. The van der Waals surface area contributed by atoms with Crippen LogP contribution in [0.25, 0.3) is 10.8 Å². The first kappa shape index (κ1) is 23.4. The summed E-state index contributed by atoms with van der Waals surface area (Å²) in [6, 6.07) is 16.3. The molecular weight excluding hydrogens is 435 g/mol. The average molecular weight is 459 g/mol. The van der Waals surface area contributed by atoms with E-state index in [4.69, 9.17) is 4.74 Å². The molecule has 0 saturated heterocycles. The smallest absolute Gasteiger partial charge is 0.307 e. The van der Waals surface area contributed by atoms with E-state index in [1.165, 1.54) is 31.2 Å². The van der Waals surface area contributed by atoms with Crippen LogP contribution in [0.1, 0.15) is 18.9 Å². The number of esters is 1. The van der Waals surface area contributed by atoms with Gasteiger partial charge < -0.3 is 10.1 Å². The molecule has 7 nitrogen and oxygen atoms in total. The number of halogens is 1. The number of aryl methyl sites for hydroxylation is 1. The van der Waals surface area contributed by atoms with E-state index in [1.807, 2.05) is 24.3 Å². The number of rotatable bonds is 8. The number of fused-ring (bicyclic) bond motifs is 1. The van der Waals surface area contributed by atoms with E-state index in [0.717, 1.165) is 10.8 Å². The fourth-order valence-corrected chi connectivity index (χ4v) is 4.00. The summed E-state index contributed by atoms with van der Waals surface area (Å²) in [4.78, 5) is 24.2. The van der Waals surface area contributed by atoms with Gasteiger partial charge in [0.25, 0.3) is 5.91 Å².